The first-order valence-electron chi connectivity index (χ1n) is 10.4. The third kappa shape index (κ3) is 4.72. The summed E-state index contributed by atoms with van der Waals surface area (Å²) in [7, 11) is 0. The van der Waals surface area contributed by atoms with E-state index in [0.717, 1.165) is 50.6 Å². The van der Waals surface area contributed by atoms with Crippen molar-refractivity contribution in [1.29, 1.82) is 0 Å². The van der Waals surface area contributed by atoms with Gasteiger partial charge in [0.05, 0.1) is 33.7 Å². The molecule has 0 aliphatic carbocycles. The number of piperidine rings is 1. The zero-order valence-electron chi connectivity index (χ0n) is 17.8. The van der Waals surface area contributed by atoms with Crippen molar-refractivity contribution in [3.05, 3.63) is 67.2 Å². The van der Waals surface area contributed by atoms with E-state index < -0.39 is 27.1 Å². The fourth-order valence-electron chi connectivity index (χ4n) is 3.92. The number of non-ortho nitro benzene ring substituents is 2. The van der Waals surface area contributed by atoms with Crippen molar-refractivity contribution in [3.63, 3.8) is 0 Å². The van der Waals surface area contributed by atoms with E-state index in [1.807, 2.05) is 0 Å². The van der Waals surface area contributed by atoms with Crippen LogP contribution in [0.25, 0.3) is 10.9 Å². The Morgan fingerprint density at radius 3 is 2.29 bits per heavy atom. The number of amides is 1. The average molecular weight is 487 g/mol. The number of nitrogens with zero attached hydrogens (tertiary/aromatic N) is 6. The van der Waals surface area contributed by atoms with Crippen LogP contribution in [0.3, 0.4) is 0 Å². The molecular weight excluding hydrogens is 468 g/mol. The standard InChI is InChI=1S/C21H19ClN6O6/c22-14-4-5-18-17(10-14)19(21(30)26(18)12-25-6-2-1-3-7-25)23-24-20(29)13-8-15(27(31)32)11-16(9-13)28(33)34/h4-5,8-11,30H,1-3,6-7,12H2. The lowest BCUT2D eigenvalue weighted by atomic mass is 10.1. The van der Waals surface area contributed by atoms with Crippen molar-refractivity contribution in [3.8, 4) is 5.88 Å². The van der Waals surface area contributed by atoms with Gasteiger partial charge in [-0.05, 0) is 44.1 Å². The van der Waals surface area contributed by atoms with Gasteiger partial charge in [-0.1, -0.05) is 18.0 Å². The van der Waals surface area contributed by atoms with Gasteiger partial charge in [-0.3, -0.25) is 34.5 Å². The molecule has 0 spiro atoms. The fraction of sp³-hybridized carbons (Fsp3) is 0.286. The summed E-state index contributed by atoms with van der Waals surface area (Å²) in [6, 6.07) is 7.49. The van der Waals surface area contributed by atoms with Crippen molar-refractivity contribution in [1.82, 2.24) is 9.47 Å². The highest BCUT2D eigenvalue weighted by atomic mass is 35.5. The molecule has 176 valence electrons. The van der Waals surface area contributed by atoms with Crippen molar-refractivity contribution in [2.24, 2.45) is 10.2 Å². The SMILES string of the molecule is O=C(N=Nc1c(O)n(CN2CCCCC2)c2ccc(Cl)cc12)c1cc([N+](=O)[O-])cc([N+](=O)[O-])c1. The molecular formula is C21H19ClN6O6. The van der Waals surface area contributed by atoms with E-state index in [4.69, 9.17) is 11.6 Å². The number of hydrogen-bond donors (Lipinski definition) is 1. The zero-order valence-corrected chi connectivity index (χ0v) is 18.5. The first kappa shape index (κ1) is 23.3. The molecule has 12 nitrogen and oxygen atoms in total. The Morgan fingerprint density at radius 2 is 1.68 bits per heavy atom. The molecule has 1 aromatic heterocycles. The maximum absolute atomic E-state index is 12.6. The largest absolute Gasteiger partial charge is 0.493 e. The van der Waals surface area contributed by atoms with Crippen LogP contribution >= 0.6 is 11.6 Å². The predicted molar refractivity (Wildman–Crippen MR) is 123 cm³/mol. The molecule has 1 N–H and O–H groups in total. The lowest BCUT2D eigenvalue weighted by molar-refractivity contribution is -0.394. The van der Waals surface area contributed by atoms with Crippen LogP contribution in [0.2, 0.25) is 5.02 Å². The topological polar surface area (TPSA) is 156 Å². The Bertz CT molecular complexity index is 1300. The van der Waals surface area contributed by atoms with Crippen LogP contribution in [0.15, 0.2) is 46.6 Å². The van der Waals surface area contributed by atoms with Gasteiger partial charge in [0, 0.05) is 22.5 Å². The number of fused-ring (bicyclic) bond motifs is 1. The van der Waals surface area contributed by atoms with Crippen LogP contribution in [-0.4, -0.2) is 43.4 Å². The van der Waals surface area contributed by atoms with Gasteiger partial charge >= 0.3 is 0 Å². The highest BCUT2D eigenvalue weighted by Crippen LogP contribution is 2.40. The van der Waals surface area contributed by atoms with E-state index in [9.17, 15) is 30.1 Å². The number of aromatic hydroxyl groups is 1. The second kappa shape index (κ2) is 9.53. The number of rotatable bonds is 6. The van der Waals surface area contributed by atoms with Gasteiger partial charge < -0.3 is 5.11 Å². The molecule has 0 bridgehead atoms. The van der Waals surface area contributed by atoms with Gasteiger partial charge in [0.2, 0.25) is 5.88 Å². The minimum atomic E-state index is -1.04. The van der Waals surface area contributed by atoms with Crippen molar-refractivity contribution in [2.75, 3.05) is 13.1 Å². The molecule has 0 saturated carbocycles. The first-order valence-corrected chi connectivity index (χ1v) is 10.8. The number of nitro groups is 2. The number of azo groups is 1. The predicted octanol–water partition coefficient (Wildman–Crippen LogP) is 5.18. The van der Waals surface area contributed by atoms with E-state index in [1.54, 1.807) is 22.8 Å². The Kier molecular flexibility index (Phi) is 6.52. The van der Waals surface area contributed by atoms with Gasteiger partial charge in [-0.25, -0.2) is 0 Å². The van der Waals surface area contributed by atoms with Crippen LogP contribution < -0.4 is 0 Å². The summed E-state index contributed by atoms with van der Waals surface area (Å²) in [6.07, 6.45) is 3.27. The summed E-state index contributed by atoms with van der Waals surface area (Å²) >= 11 is 6.13. The van der Waals surface area contributed by atoms with Gasteiger partial charge in [-0.2, -0.15) is 0 Å². The summed E-state index contributed by atoms with van der Waals surface area (Å²) in [5, 5.41) is 41.4. The molecule has 0 radical (unpaired) electrons. The number of aromatic nitrogens is 1. The van der Waals surface area contributed by atoms with Crippen LogP contribution in [0.1, 0.15) is 29.6 Å². The molecule has 2 heterocycles. The van der Waals surface area contributed by atoms with Gasteiger partial charge in [0.25, 0.3) is 17.3 Å². The van der Waals surface area contributed by atoms with E-state index in [2.05, 4.69) is 15.1 Å². The highest BCUT2D eigenvalue weighted by molar-refractivity contribution is 6.31. The normalized spacial score (nSPS) is 14.6. The van der Waals surface area contributed by atoms with Crippen molar-refractivity contribution < 1.29 is 19.7 Å². The van der Waals surface area contributed by atoms with Gasteiger partial charge in [0.1, 0.15) is 0 Å². The molecule has 0 unspecified atom stereocenters. The first-order chi connectivity index (χ1) is 16.2. The number of carbonyl (C=O) groups excluding carboxylic acids is 1. The molecule has 1 fully saturated rings. The molecule has 4 rings (SSSR count). The van der Waals surface area contributed by atoms with Crippen LogP contribution in [0, 0.1) is 20.2 Å². The zero-order chi connectivity index (χ0) is 24.4. The number of hydrogen-bond acceptors (Lipinski definition) is 8. The summed E-state index contributed by atoms with van der Waals surface area (Å²) in [4.78, 5) is 35.2. The molecule has 2 aromatic carbocycles. The Labute approximate surface area is 197 Å². The molecule has 1 aliphatic heterocycles. The van der Waals surface area contributed by atoms with Crippen LogP contribution in [0.5, 0.6) is 5.88 Å². The Hall–Kier alpha value is -3.90. The number of halogens is 1. The summed E-state index contributed by atoms with van der Waals surface area (Å²) < 4.78 is 1.65. The van der Waals surface area contributed by atoms with E-state index >= 15 is 0 Å². The molecule has 1 aliphatic rings. The van der Waals surface area contributed by atoms with E-state index in [-0.39, 0.29) is 17.1 Å². The smallest absolute Gasteiger partial charge is 0.295 e. The lowest BCUT2D eigenvalue weighted by Crippen LogP contribution is -2.31. The van der Waals surface area contributed by atoms with E-state index in [0.29, 0.717) is 22.6 Å². The Morgan fingerprint density at radius 1 is 1.03 bits per heavy atom. The molecule has 1 amide bonds. The summed E-state index contributed by atoms with van der Waals surface area (Å²) in [5.74, 6) is -1.26. The van der Waals surface area contributed by atoms with Crippen molar-refractivity contribution >= 4 is 45.5 Å². The maximum Gasteiger partial charge on any atom is 0.295 e. The molecule has 34 heavy (non-hydrogen) atoms. The molecule has 0 atom stereocenters. The number of nitro benzene ring substituents is 2. The number of carbonyl (C=O) groups is 1. The van der Waals surface area contributed by atoms with E-state index in [1.165, 1.54) is 0 Å². The monoisotopic (exact) mass is 486 g/mol. The van der Waals surface area contributed by atoms with Gasteiger partial charge in [-0.15, -0.1) is 10.2 Å². The van der Waals surface area contributed by atoms with Gasteiger partial charge in [0.15, 0.2) is 5.69 Å². The second-order valence-corrected chi connectivity index (χ2v) is 8.28. The third-order valence-corrected chi connectivity index (χ3v) is 5.81. The van der Waals surface area contributed by atoms with Crippen LogP contribution in [-0.2, 0) is 6.67 Å². The minimum absolute atomic E-state index is 0.00258. The molecule has 13 heteroatoms. The lowest BCUT2D eigenvalue weighted by Gasteiger charge is -2.27. The number of benzene rings is 2. The van der Waals surface area contributed by atoms with Crippen molar-refractivity contribution in [2.45, 2.75) is 25.9 Å². The Balaban J connectivity index is 1.71. The number of likely N-dealkylation sites (tertiary alicyclic amines) is 1. The third-order valence-electron chi connectivity index (χ3n) is 5.57. The summed E-state index contributed by atoms with van der Waals surface area (Å²) in [6.45, 7) is 2.17. The maximum atomic E-state index is 12.6. The highest BCUT2D eigenvalue weighted by Gasteiger charge is 2.22. The molecule has 1 saturated heterocycles. The molecule has 3 aromatic rings. The van der Waals surface area contributed by atoms with Crippen LogP contribution in [0.4, 0.5) is 17.1 Å². The fourth-order valence-corrected chi connectivity index (χ4v) is 4.09. The quantitative estimate of drug-likeness (QED) is 0.285. The second-order valence-electron chi connectivity index (χ2n) is 7.84. The minimum Gasteiger partial charge on any atom is -0.493 e. The summed E-state index contributed by atoms with van der Waals surface area (Å²) in [5.41, 5.74) is -0.983. The average Bonchev–Trinajstić information content (AvgIpc) is 3.07.